The van der Waals surface area contributed by atoms with Crippen molar-refractivity contribution in [3.8, 4) is 5.75 Å². The van der Waals surface area contributed by atoms with Crippen molar-refractivity contribution in [1.82, 2.24) is 0 Å². The summed E-state index contributed by atoms with van der Waals surface area (Å²) in [5.41, 5.74) is 7.06. The van der Waals surface area contributed by atoms with Crippen molar-refractivity contribution in [3.63, 3.8) is 0 Å². The second-order valence-corrected chi connectivity index (χ2v) is 3.27. The number of ether oxygens (including phenoxy) is 1. The van der Waals surface area contributed by atoms with E-state index in [1.807, 2.05) is 0 Å². The van der Waals surface area contributed by atoms with Gasteiger partial charge in [-0.3, -0.25) is 0 Å². The Morgan fingerprint density at radius 1 is 1.50 bits per heavy atom. The Morgan fingerprint density at radius 3 is 3.00 bits per heavy atom. The lowest BCUT2D eigenvalue weighted by Gasteiger charge is -2.19. The van der Waals surface area contributed by atoms with Crippen LogP contribution in [-0.4, -0.2) is 17.7 Å². The van der Waals surface area contributed by atoms with Gasteiger partial charge in [0, 0.05) is 0 Å². The topological polar surface area (TPSA) is 72.6 Å². The number of nitrogen functional groups attached to an aromatic ring is 1. The minimum absolute atomic E-state index is 0.116. The summed E-state index contributed by atoms with van der Waals surface area (Å²) in [5.74, 6) is -0.462. The number of carbonyl (C=O) groups is 1. The number of carboxylic acids is 1. The molecule has 1 aliphatic rings. The number of aryl methyl sites for hydroxylation is 1. The SMILES string of the molecule is Nc1c(C(=O)O)ccc2c1OCCC2. The molecule has 2 rings (SSSR count). The van der Waals surface area contributed by atoms with Crippen molar-refractivity contribution >= 4 is 11.7 Å². The number of hydrogen-bond acceptors (Lipinski definition) is 3. The van der Waals surface area contributed by atoms with Gasteiger partial charge in [-0.2, -0.15) is 0 Å². The average molecular weight is 193 g/mol. The summed E-state index contributed by atoms with van der Waals surface area (Å²) in [6, 6.07) is 3.31. The summed E-state index contributed by atoms with van der Waals surface area (Å²) in [6.07, 6.45) is 1.86. The molecule has 0 spiro atoms. The number of fused-ring (bicyclic) bond motifs is 1. The van der Waals surface area contributed by atoms with Gasteiger partial charge < -0.3 is 15.6 Å². The predicted molar refractivity (Wildman–Crippen MR) is 51.6 cm³/mol. The van der Waals surface area contributed by atoms with Gasteiger partial charge in [-0.25, -0.2) is 4.79 Å². The molecule has 0 aliphatic carbocycles. The summed E-state index contributed by atoms with van der Waals surface area (Å²) < 4.78 is 5.36. The monoisotopic (exact) mass is 193 g/mol. The smallest absolute Gasteiger partial charge is 0.337 e. The first-order valence-electron chi connectivity index (χ1n) is 4.47. The molecule has 4 heteroatoms. The molecule has 1 heterocycles. The van der Waals surface area contributed by atoms with Crippen LogP contribution in [-0.2, 0) is 6.42 Å². The van der Waals surface area contributed by atoms with Crippen LogP contribution < -0.4 is 10.5 Å². The first kappa shape index (κ1) is 8.87. The van der Waals surface area contributed by atoms with Crippen LogP contribution in [0.3, 0.4) is 0 Å². The van der Waals surface area contributed by atoms with Crippen LogP contribution in [0.15, 0.2) is 12.1 Å². The number of benzene rings is 1. The molecule has 0 fully saturated rings. The van der Waals surface area contributed by atoms with E-state index in [0.29, 0.717) is 12.4 Å². The maximum absolute atomic E-state index is 10.8. The molecule has 1 aromatic rings. The van der Waals surface area contributed by atoms with E-state index in [0.717, 1.165) is 18.4 Å². The van der Waals surface area contributed by atoms with Gasteiger partial charge in [-0.15, -0.1) is 0 Å². The van der Waals surface area contributed by atoms with Gasteiger partial charge >= 0.3 is 5.97 Å². The van der Waals surface area contributed by atoms with Crippen molar-refractivity contribution in [1.29, 1.82) is 0 Å². The maximum Gasteiger partial charge on any atom is 0.337 e. The van der Waals surface area contributed by atoms with Gasteiger partial charge in [-0.1, -0.05) is 6.07 Å². The summed E-state index contributed by atoms with van der Waals surface area (Å²) in [6.45, 7) is 0.611. The number of anilines is 1. The van der Waals surface area contributed by atoms with Crippen molar-refractivity contribution < 1.29 is 14.6 Å². The third-order valence-electron chi connectivity index (χ3n) is 2.34. The maximum atomic E-state index is 10.8. The molecule has 0 saturated carbocycles. The molecule has 0 amide bonds. The van der Waals surface area contributed by atoms with E-state index in [4.69, 9.17) is 15.6 Å². The van der Waals surface area contributed by atoms with E-state index in [1.54, 1.807) is 6.07 Å². The molecule has 74 valence electrons. The van der Waals surface area contributed by atoms with E-state index in [9.17, 15) is 4.79 Å². The number of hydrogen-bond donors (Lipinski definition) is 2. The Hall–Kier alpha value is -1.71. The quantitative estimate of drug-likeness (QED) is 0.659. The highest BCUT2D eigenvalue weighted by Crippen LogP contribution is 2.33. The summed E-state index contributed by atoms with van der Waals surface area (Å²) in [5, 5.41) is 8.83. The first-order chi connectivity index (χ1) is 6.70. The molecule has 0 unspecified atom stereocenters. The largest absolute Gasteiger partial charge is 0.491 e. The highest BCUT2D eigenvalue weighted by molar-refractivity contribution is 5.95. The van der Waals surface area contributed by atoms with E-state index in [1.165, 1.54) is 6.07 Å². The lowest BCUT2D eigenvalue weighted by molar-refractivity contribution is 0.0697. The van der Waals surface area contributed by atoms with Gasteiger partial charge in [0.1, 0.15) is 5.75 Å². The Balaban J connectivity index is 2.54. The number of rotatable bonds is 1. The predicted octanol–water partition coefficient (Wildman–Crippen LogP) is 1.29. The molecule has 1 aromatic carbocycles. The fourth-order valence-electron chi connectivity index (χ4n) is 1.64. The first-order valence-corrected chi connectivity index (χ1v) is 4.47. The van der Waals surface area contributed by atoms with Gasteiger partial charge in [0.15, 0.2) is 0 Å². The fraction of sp³-hybridized carbons (Fsp3) is 0.300. The zero-order valence-corrected chi connectivity index (χ0v) is 7.62. The van der Waals surface area contributed by atoms with Gasteiger partial charge in [0.05, 0.1) is 17.9 Å². The van der Waals surface area contributed by atoms with E-state index >= 15 is 0 Å². The highest BCUT2D eigenvalue weighted by Gasteiger charge is 2.18. The zero-order valence-electron chi connectivity index (χ0n) is 7.62. The second-order valence-electron chi connectivity index (χ2n) is 3.27. The molecule has 4 nitrogen and oxygen atoms in total. The Kier molecular flexibility index (Phi) is 2.04. The Bertz CT molecular complexity index is 387. The fourth-order valence-corrected chi connectivity index (χ4v) is 1.64. The van der Waals surface area contributed by atoms with Gasteiger partial charge in [0.25, 0.3) is 0 Å². The summed E-state index contributed by atoms with van der Waals surface area (Å²) >= 11 is 0. The molecule has 3 N–H and O–H groups in total. The molecule has 1 aliphatic heterocycles. The van der Waals surface area contributed by atoms with Crippen LogP contribution in [0.4, 0.5) is 5.69 Å². The van der Waals surface area contributed by atoms with Crippen molar-refractivity contribution in [2.75, 3.05) is 12.3 Å². The van der Waals surface area contributed by atoms with Crippen LogP contribution in [0.5, 0.6) is 5.75 Å². The lowest BCUT2D eigenvalue weighted by atomic mass is 10.0. The number of aromatic carboxylic acids is 1. The second kappa shape index (κ2) is 3.21. The standard InChI is InChI=1S/C10H11NO3/c11-8-7(10(12)13)4-3-6-2-1-5-14-9(6)8/h3-4H,1-2,5,11H2,(H,12,13). The van der Waals surface area contributed by atoms with Crippen molar-refractivity contribution in [3.05, 3.63) is 23.3 Å². The number of carboxylic acid groups (broad SMARTS) is 1. The minimum atomic E-state index is -1.01. The highest BCUT2D eigenvalue weighted by atomic mass is 16.5. The van der Waals surface area contributed by atoms with Crippen LogP contribution in [0.2, 0.25) is 0 Å². The molecule has 0 radical (unpaired) electrons. The Labute approximate surface area is 81.3 Å². The third-order valence-corrected chi connectivity index (χ3v) is 2.34. The molecule has 0 saturated heterocycles. The van der Waals surface area contributed by atoms with E-state index in [2.05, 4.69) is 0 Å². The van der Waals surface area contributed by atoms with Crippen LogP contribution in [0, 0.1) is 0 Å². The lowest BCUT2D eigenvalue weighted by Crippen LogP contribution is -2.13. The van der Waals surface area contributed by atoms with Crippen LogP contribution in [0.1, 0.15) is 22.3 Å². The van der Waals surface area contributed by atoms with E-state index < -0.39 is 5.97 Å². The van der Waals surface area contributed by atoms with Crippen molar-refractivity contribution in [2.24, 2.45) is 0 Å². The zero-order chi connectivity index (χ0) is 10.1. The molecular weight excluding hydrogens is 182 g/mol. The third kappa shape index (κ3) is 1.28. The van der Waals surface area contributed by atoms with Crippen LogP contribution in [0.25, 0.3) is 0 Å². The van der Waals surface area contributed by atoms with Gasteiger partial charge in [-0.05, 0) is 24.5 Å². The molecule has 0 aromatic heterocycles. The van der Waals surface area contributed by atoms with Crippen molar-refractivity contribution in [2.45, 2.75) is 12.8 Å². The molecule has 14 heavy (non-hydrogen) atoms. The minimum Gasteiger partial charge on any atom is -0.491 e. The van der Waals surface area contributed by atoms with Crippen LogP contribution >= 0.6 is 0 Å². The number of nitrogens with two attached hydrogens (primary N) is 1. The average Bonchev–Trinajstić information content (AvgIpc) is 2.18. The van der Waals surface area contributed by atoms with Gasteiger partial charge in [0.2, 0.25) is 0 Å². The van der Waals surface area contributed by atoms with E-state index in [-0.39, 0.29) is 11.3 Å². The summed E-state index contributed by atoms with van der Waals surface area (Å²) in [4.78, 5) is 10.8. The normalized spacial score (nSPS) is 14.3. The summed E-state index contributed by atoms with van der Waals surface area (Å²) in [7, 11) is 0. The molecule has 0 atom stereocenters. The molecular formula is C10H11NO3. The Morgan fingerprint density at radius 2 is 2.29 bits per heavy atom. The molecule has 0 bridgehead atoms.